The van der Waals surface area contributed by atoms with Gasteiger partial charge in [-0.1, -0.05) is 29.3 Å². The molecule has 1 amide bonds. The number of benzene rings is 1. The molecule has 1 fully saturated rings. The largest absolute Gasteiger partial charge is 0.356 e. The molecule has 21 heavy (non-hydrogen) atoms. The van der Waals surface area contributed by atoms with Crippen molar-refractivity contribution in [1.82, 2.24) is 10.6 Å². The van der Waals surface area contributed by atoms with Gasteiger partial charge in [0, 0.05) is 47.1 Å². The van der Waals surface area contributed by atoms with Crippen LogP contribution in [0.1, 0.15) is 18.4 Å². The number of aryl methyl sites for hydroxylation is 1. The van der Waals surface area contributed by atoms with Gasteiger partial charge in [-0.25, -0.2) is 0 Å². The van der Waals surface area contributed by atoms with E-state index < -0.39 is 0 Å². The number of nitrogens with one attached hydrogen (secondary N) is 2. The fourth-order valence-electron chi connectivity index (χ4n) is 2.28. The van der Waals surface area contributed by atoms with Crippen molar-refractivity contribution in [3.8, 4) is 0 Å². The number of carbonyl (C=O) groups excluding carboxylic acids is 1. The molecule has 0 aromatic heterocycles. The minimum absolute atomic E-state index is 0.122. The Morgan fingerprint density at radius 3 is 3.00 bits per heavy atom. The molecular formula is C15H20Cl2N2OS. The molecule has 1 saturated heterocycles. The number of rotatable bonds is 6. The van der Waals surface area contributed by atoms with E-state index in [2.05, 4.69) is 10.6 Å². The molecule has 0 radical (unpaired) electrons. The highest BCUT2D eigenvalue weighted by Gasteiger charge is 2.16. The van der Waals surface area contributed by atoms with E-state index in [4.69, 9.17) is 23.2 Å². The molecule has 1 aliphatic heterocycles. The quantitative estimate of drug-likeness (QED) is 0.777. The van der Waals surface area contributed by atoms with Crippen molar-refractivity contribution in [3.05, 3.63) is 33.8 Å². The van der Waals surface area contributed by atoms with Crippen LogP contribution in [0.4, 0.5) is 0 Å². The summed E-state index contributed by atoms with van der Waals surface area (Å²) >= 11 is 13.9. The number of amides is 1. The van der Waals surface area contributed by atoms with Gasteiger partial charge < -0.3 is 10.6 Å². The molecule has 1 atom stereocenters. The van der Waals surface area contributed by atoms with Gasteiger partial charge in [-0.15, -0.1) is 0 Å². The molecule has 0 aliphatic carbocycles. The first kappa shape index (κ1) is 16.9. The summed E-state index contributed by atoms with van der Waals surface area (Å²) in [5, 5.41) is 7.68. The minimum Gasteiger partial charge on any atom is -0.356 e. The van der Waals surface area contributed by atoms with E-state index in [0.29, 0.717) is 29.1 Å². The molecule has 6 heteroatoms. The van der Waals surface area contributed by atoms with Crippen LogP contribution in [0, 0.1) is 0 Å². The molecular weight excluding hydrogens is 327 g/mol. The Morgan fingerprint density at radius 2 is 2.29 bits per heavy atom. The van der Waals surface area contributed by atoms with Gasteiger partial charge in [0.25, 0.3) is 0 Å². The number of hydrogen-bond donors (Lipinski definition) is 2. The molecule has 2 N–H and O–H groups in total. The third-order valence-corrected chi connectivity index (χ3v) is 5.11. The molecule has 0 saturated carbocycles. The maximum Gasteiger partial charge on any atom is 0.221 e. The first-order valence-electron chi connectivity index (χ1n) is 7.17. The summed E-state index contributed by atoms with van der Waals surface area (Å²) in [4.78, 5) is 11.8. The van der Waals surface area contributed by atoms with E-state index in [1.807, 2.05) is 23.9 Å². The number of thioether (sulfide) groups is 1. The van der Waals surface area contributed by atoms with Gasteiger partial charge >= 0.3 is 0 Å². The summed E-state index contributed by atoms with van der Waals surface area (Å²) in [6.45, 7) is 1.68. The Balaban J connectivity index is 1.63. The van der Waals surface area contributed by atoms with Crippen LogP contribution in [0.5, 0.6) is 0 Å². The van der Waals surface area contributed by atoms with Gasteiger partial charge in [-0.05, 0) is 30.5 Å². The van der Waals surface area contributed by atoms with Gasteiger partial charge in [-0.3, -0.25) is 4.79 Å². The van der Waals surface area contributed by atoms with E-state index in [0.717, 1.165) is 36.5 Å². The summed E-state index contributed by atoms with van der Waals surface area (Å²) in [7, 11) is 0. The Kier molecular flexibility index (Phi) is 7.17. The van der Waals surface area contributed by atoms with Crippen LogP contribution in [0.15, 0.2) is 18.2 Å². The van der Waals surface area contributed by atoms with E-state index in [1.165, 1.54) is 0 Å². The molecule has 0 spiro atoms. The van der Waals surface area contributed by atoms with Crippen molar-refractivity contribution in [2.24, 2.45) is 0 Å². The summed E-state index contributed by atoms with van der Waals surface area (Å²) in [5.74, 6) is 2.28. The van der Waals surface area contributed by atoms with Gasteiger partial charge in [-0.2, -0.15) is 11.8 Å². The number of hydrogen-bond acceptors (Lipinski definition) is 3. The molecule has 1 heterocycles. The van der Waals surface area contributed by atoms with Crippen LogP contribution in [0.25, 0.3) is 0 Å². The fourth-order valence-corrected chi connectivity index (χ4v) is 3.73. The molecule has 1 aromatic rings. The van der Waals surface area contributed by atoms with E-state index in [9.17, 15) is 4.79 Å². The lowest BCUT2D eigenvalue weighted by molar-refractivity contribution is -0.121. The molecule has 0 bridgehead atoms. The second-order valence-electron chi connectivity index (χ2n) is 5.12. The molecule has 2 rings (SSSR count). The second kappa shape index (κ2) is 8.89. The maximum absolute atomic E-state index is 11.8. The highest BCUT2D eigenvalue weighted by Crippen LogP contribution is 2.21. The Bertz CT molecular complexity index is 479. The zero-order valence-electron chi connectivity index (χ0n) is 11.8. The first-order valence-corrected chi connectivity index (χ1v) is 9.08. The fraction of sp³-hybridized carbons (Fsp3) is 0.533. The van der Waals surface area contributed by atoms with Crippen LogP contribution in [0.2, 0.25) is 10.0 Å². The summed E-state index contributed by atoms with van der Waals surface area (Å²) in [5.41, 5.74) is 1.07. The monoisotopic (exact) mass is 346 g/mol. The Labute approximate surface area is 140 Å². The second-order valence-corrected chi connectivity index (χ2v) is 7.11. The summed E-state index contributed by atoms with van der Waals surface area (Å²) in [6.07, 6.45) is 2.28. The Hall–Kier alpha value is -0.420. The van der Waals surface area contributed by atoms with Crippen LogP contribution in [-0.2, 0) is 11.2 Å². The van der Waals surface area contributed by atoms with Crippen LogP contribution in [-0.4, -0.2) is 36.5 Å². The van der Waals surface area contributed by atoms with Crippen LogP contribution in [0.3, 0.4) is 0 Å². The van der Waals surface area contributed by atoms with Gasteiger partial charge in [0.15, 0.2) is 0 Å². The van der Waals surface area contributed by atoms with Crippen LogP contribution >= 0.6 is 35.0 Å². The number of halogens is 2. The third kappa shape index (κ3) is 6.07. The average Bonchev–Trinajstić information content (AvgIpc) is 2.46. The Morgan fingerprint density at radius 1 is 1.43 bits per heavy atom. The predicted molar refractivity (Wildman–Crippen MR) is 91.5 cm³/mol. The molecule has 1 aromatic carbocycles. The lowest BCUT2D eigenvalue weighted by Gasteiger charge is -2.22. The highest BCUT2D eigenvalue weighted by molar-refractivity contribution is 7.99. The lowest BCUT2D eigenvalue weighted by atomic mass is 10.1. The predicted octanol–water partition coefficient (Wildman–Crippen LogP) is 3.14. The molecule has 1 unspecified atom stereocenters. The van der Waals surface area contributed by atoms with Crippen molar-refractivity contribution in [2.45, 2.75) is 25.3 Å². The van der Waals surface area contributed by atoms with Crippen molar-refractivity contribution >= 4 is 40.9 Å². The average molecular weight is 347 g/mol. The van der Waals surface area contributed by atoms with Gasteiger partial charge in [0.1, 0.15) is 0 Å². The highest BCUT2D eigenvalue weighted by atomic mass is 35.5. The van der Waals surface area contributed by atoms with Crippen molar-refractivity contribution in [3.63, 3.8) is 0 Å². The smallest absolute Gasteiger partial charge is 0.221 e. The number of carbonyl (C=O) groups is 1. The topological polar surface area (TPSA) is 41.1 Å². The molecule has 116 valence electrons. The minimum atomic E-state index is 0.122. The third-order valence-electron chi connectivity index (χ3n) is 3.39. The van der Waals surface area contributed by atoms with Crippen molar-refractivity contribution in [1.29, 1.82) is 0 Å². The van der Waals surface area contributed by atoms with Gasteiger partial charge in [0.05, 0.1) is 0 Å². The van der Waals surface area contributed by atoms with Gasteiger partial charge in [0.2, 0.25) is 5.91 Å². The van der Waals surface area contributed by atoms with E-state index in [1.54, 1.807) is 6.07 Å². The lowest BCUT2D eigenvalue weighted by Crippen LogP contribution is -2.41. The maximum atomic E-state index is 11.8. The molecule has 3 nitrogen and oxygen atoms in total. The normalized spacial score (nSPS) is 18.5. The van der Waals surface area contributed by atoms with Crippen molar-refractivity contribution < 1.29 is 4.79 Å². The van der Waals surface area contributed by atoms with E-state index in [-0.39, 0.29) is 5.91 Å². The van der Waals surface area contributed by atoms with Crippen molar-refractivity contribution in [2.75, 3.05) is 24.6 Å². The van der Waals surface area contributed by atoms with Crippen LogP contribution < -0.4 is 10.6 Å². The molecule has 1 aliphatic rings. The van der Waals surface area contributed by atoms with E-state index >= 15 is 0 Å². The summed E-state index contributed by atoms with van der Waals surface area (Å²) < 4.78 is 0. The SMILES string of the molecule is O=C(CC1CSCCN1)NCCCc1ccc(Cl)cc1Cl. The zero-order chi connectivity index (χ0) is 15.1. The zero-order valence-corrected chi connectivity index (χ0v) is 14.2. The standard InChI is InChI=1S/C15H20Cl2N2OS/c16-12-4-3-11(14(17)8-12)2-1-5-19-15(20)9-13-10-21-7-6-18-13/h3-4,8,13,18H,1-2,5-7,9-10H2,(H,19,20). The summed E-state index contributed by atoms with van der Waals surface area (Å²) in [6, 6.07) is 5.85. The first-order chi connectivity index (χ1) is 10.1.